The molecule has 7 heteroatoms. The van der Waals surface area contributed by atoms with Gasteiger partial charge in [0, 0.05) is 12.1 Å². The number of halogens is 3. The van der Waals surface area contributed by atoms with Crippen LogP contribution >= 0.6 is 0 Å². The summed E-state index contributed by atoms with van der Waals surface area (Å²) in [6.07, 6.45) is 0. The zero-order valence-corrected chi connectivity index (χ0v) is 7.54. The third kappa shape index (κ3) is 2.58. The molecule has 0 radical (unpaired) electrons. The molecule has 1 aromatic carbocycles. The summed E-state index contributed by atoms with van der Waals surface area (Å²) < 4.78 is 40.4. The Bertz CT molecular complexity index is 395. The van der Waals surface area contributed by atoms with E-state index in [1.54, 1.807) is 0 Å². The van der Waals surface area contributed by atoms with E-state index in [0.29, 0.717) is 6.07 Å². The van der Waals surface area contributed by atoms with Crippen LogP contribution in [0.4, 0.5) is 18.9 Å². The van der Waals surface area contributed by atoms with Crippen LogP contribution in [0, 0.1) is 22.9 Å². The smallest absolute Gasteiger partial charge is 0.387 e. The summed E-state index contributed by atoms with van der Waals surface area (Å²) in [5, 5.41) is 10.4. The van der Waals surface area contributed by atoms with Crippen LogP contribution in [0.5, 0.6) is 5.75 Å². The van der Waals surface area contributed by atoms with Gasteiger partial charge in [-0.25, -0.2) is 4.39 Å². The number of nitrogens with zero attached hydrogens (tertiary/aromatic N) is 1. The van der Waals surface area contributed by atoms with Gasteiger partial charge in [-0.1, -0.05) is 0 Å². The van der Waals surface area contributed by atoms with Crippen molar-refractivity contribution >= 4 is 5.69 Å². The molecule has 4 nitrogen and oxygen atoms in total. The lowest BCUT2D eigenvalue weighted by Gasteiger charge is -2.06. The van der Waals surface area contributed by atoms with Crippen molar-refractivity contribution in [2.24, 2.45) is 0 Å². The second-order valence-electron chi connectivity index (χ2n) is 2.70. The van der Waals surface area contributed by atoms with E-state index in [0.717, 1.165) is 6.07 Å². The molecule has 1 rings (SSSR count). The van der Waals surface area contributed by atoms with Gasteiger partial charge in [-0.3, -0.25) is 10.1 Å². The minimum absolute atomic E-state index is 0.0108. The Hall–Kier alpha value is -1.79. The van der Waals surface area contributed by atoms with Gasteiger partial charge in [0.2, 0.25) is 5.75 Å². The Kier molecular flexibility index (Phi) is 3.13. The number of ether oxygens (including phenoxy) is 1. The van der Waals surface area contributed by atoms with Crippen molar-refractivity contribution in [2.75, 3.05) is 0 Å². The summed E-state index contributed by atoms with van der Waals surface area (Å²) in [7, 11) is 0. The monoisotopic (exact) mass is 221 g/mol. The number of benzene rings is 1. The van der Waals surface area contributed by atoms with Crippen molar-refractivity contribution in [1.29, 1.82) is 0 Å². The average molecular weight is 221 g/mol. The Balaban J connectivity index is 3.22. The predicted octanol–water partition coefficient (Wildman–Crippen LogP) is 2.64. The largest absolute Gasteiger partial charge is 0.427 e. The van der Waals surface area contributed by atoms with E-state index in [1.165, 1.54) is 6.92 Å². The van der Waals surface area contributed by atoms with E-state index in [-0.39, 0.29) is 5.56 Å². The minimum atomic E-state index is -3.23. The van der Waals surface area contributed by atoms with Gasteiger partial charge in [0.1, 0.15) is 5.82 Å². The molecule has 0 aromatic heterocycles. The van der Waals surface area contributed by atoms with Crippen LogP contribution in [-0.2, 0) is 0 Å². The first-order valence-electron chi connectivity index (χ1n) is 3.81. The fourth-order valence-electron chi connectivity index (χ4n) is 0.981. The average Bonchev–Trinajstić information content (AvgIpc) is 2.09. The molecule has 82 valence electrons. The topological polar surface area (TPSA) is 52.4 Å². The molecular weight excluding hydrogens is 215 g/mol. The van der Waals surface area contributed by atoms with Crippen LogP contribution in [0.3, 0.4) is 0 Å². The molecule has 0 fully saturated rings. The molecule has 0 aliphatic carbocycles. The lowest BCUT2D eigenvalue weighted by Crippen LogP contribution is -2.05. The van der Waals surface area contributed by atoms with Crippen LogP contribution in [0.1, 0.15) is 5.56 Å². The summed E-state index contributed by atoms with van der Waals surface area (Å²) in [4.78, 5) is 9.51. The molecule has 1 aromatic rings. The normalized spacial score (nSPS) is 10.5. The molecular formula is C8H6F3NO3. The number of hydrogen-bond donors (Lipinski definition) is 0. The molecule has 0 heterocycles. The maximum atomic E-state index is 12.9. The van der Waals surface area contributed by atoms with E-state index in [1.807, 2.05) is 0 Å². The summed E-state index contributed by atoms with van der Waals surface area (Å²) >= 11 is 0. The second-order valence-corrected chi connectivity index (χ2v) is 2.70. The molecule has 0 N–H and O–H groups in total. The summed E-state index contributed by atoms with van der Waals surface area (Å²) in [5.41, 5.74) is -0.697. The molecule has 0 aliphatic rings. The standard InChI is InChI=1S/C8H6F3NO3/c1-4-2-6(12(13)14)7(3-5(4)9)15-8(10)11/h2-3,8H,1H3. The van der Waals surface area contributed by atoms with Gasteiger partial charge in [-0.2, -0.15) is 8.78 Å². The molecule has 0 saturated carbocycles. The van der Waals surface area contributed by atoms with Gasteiger partial charge in [0.05, 0.1) is 4.92 Å². The SMILES string of the molecule is Cc1cc([N+](=O)[O-])c(OC(F)F)cc1F. The highest BCUT2D eigenvalue weighted by molar-refractivity contribution is 5.49. The van der Waals surface area contributed by atoms with E-state index < -0.39 is 28.8 Å². The Morgan fingerprint density at radius 3 is 2.53 bits per heavy atom. The molecule has 0 unspecified atom stereocenters. The number of alkyl halides is 2. The molecule has 15 heavy (non-hydrogen) atoms. The first-order chi connectivity index (χ1) is 6.91. The summed E-state index contributed by atoms with van der Waals surface area (Å²) in [5.74, 6) is -1.62. The number of rotatable bonds is 3. The fourth-order valence-corrected chi connectivity index (χ4v) is 0.981. The van der Waals surface area contributed by atoms with E-state index in [2.05, 4.69) is 4.74 Å². The lowest BCUT2D eigenvalue weighted by molar-refractivity contribution is -0.386. The maximum absolute atomic E-state index is 12.9. The van der Waals surface area contributed by atoms with E-state index in [4.69, 9.17) is 0 Å². The molecule has 0 aliphatic heterocycles. The zero-order valence-electron chi connectivity index (χ0n) is 7.54. The van der Waals surface area contributed by atoms with E-state index >= 15 is 0 Å². The number of nitro groups is 1. The summed E-state index contributed by atoms with van der Waals surface area (Å²) in [6, 6.07) is 1.41. The van der Waals surface area contributed by atoms with Crippen LogP contribution in [-0.4, -0.2) is 11.5 Å². The van der Waals surface area contributed by atoms with Gasteiger partial charge in [-0.15, -0.1) is 0 Å². The zero-order chi connectivity index (χ0) is 11.6. The van der Waals surface area contributed by atoms with Crippen LogP contribution < -0.4 is 4.74 Å². The van der Waals surface area contributed by atoms with Crippen LogP contribution in [0.25, 0.3) is 0 Å². The molecule has 0 saturated heterocycles. The van der Waals surface area contributed by atoms with Crippen molar-refractivity contribution in [3.8, 4) is 5.75 Å². The molecule has 0 spiro atoms. The van der Waals surface area contributed by atoms with Crippen molar-refractivity contribution in [1.82, 2.24) is 0 Å². The number of nitro benzene ring substituents is 1. The Morgan fingerprint density at radius 2 is 2.07 bits per heavy atom. The third-order valence-electron chi connectivity index (χ3n) is 1.65. The number of aryl methyl sites for hydroxylation is 1. The molecule has 0 bridgehead atoms. The van der Waals surface area contributed by atoms with Gasteiger partial charge in [-0.05, 0) is 12.5 Å². The van der Waals surface area contributed by atoms with Crippen molar-refractivity contribution in [3.05, 3.63) is 33.6 Å². The molecule has 0 atom stereocenters. The highest BCUT2D eigenvalue weighted by Gasteiger charge is 2.20. The van der Waals surface area contributed by atoms with Crippen LogP contribution in [0.15, 0.2) is 12.1 Å². The van der Waals surface area contributed by atoms with Crippen molar-refractivity contribution in [3.63, 3.8) is 0 Å². The second kappa shape index (κ2) is 4.16. The Labute approximate surface area is 82.4 Å². The van der Waals surface area contributed by atoms with Gasteiger partial charge in [0.25, 0.3) is 0 Å². The van der Waals surface area contributed by atoms with Crippen molar-refractivity contribution < 1.29 is 22.8 Å². The highest BCUT2D eigenvalue weighted by atomic mass is 19.3. The highest BCUT2D eigenvalue weighted by Crippen LogP contribution is 2.30. The Morgan fingerprint density at radius 1 is 1.47 bits per heavy atom. The summed E-state index contributed by atoms with van der Waals surface area (Å²) in [6.45, 7) is -1.94. The van der Waals surface area contributed by atoms with Gasteiger partial charge < -0.3 is 4.74 Å². The first kappa shape index (κ1) is 11.3. The number of hydrogen-bond acceptors (Lipinski definition) is 3. The van der Waals surface area contributed by atoms with Crippen LogP contribution in [0.2, 0.25) is 0 Å². The quantitative estimate of drug-likeness (QED) is 0.582. The van der Waals surface area contributed by atoms with Crippen molar-refractivity contribution in [2.45, 2.75) is 13.5 Å². The lowest BCUT2D eigenvalue weighted by atomic mass is 10.2. The minimum Gasteiger partial charge on any atom is -0.427 e. The maximum Gasteiger partial charge on any atom is 0.387 e. The van der Waals surface area contributed by atoms with Gasteiger partial charge >= 0.3 is 12.3 Å². The third-order valence-corrected chi connectivity index (χ3v) is 1.65. The molecule has 0 amide bonds. The van der Waals surface area contributed by atoms with Gasteiger partial charge in [0.15, 0.2) is 0 Å². The predicted molar refractivity (Wildman–Crippen MR) is 44.4 cm³/mol. The fraction of sp³-hybridized carbons (Fsp3) is 0.250. The first-order valence-corrected chi connectivity index (χ1v) is 3.81. The van der Waals surface area contributed by atoms with E-state index in [9.17, 15) is 23.3 Å².